The first-order chi connectivity index (χ1) is 21.6. The minimum Gasteiger partial charge on any atom is -0.395 e. The molecule has 0 radical (unpaired) electrons. The highest BCUT2D eigenvalue weighted by Crippen LogP contribution is 2.22. The average molecular weight is 600 g/mol. The first kappa shape index (κ1) is 33.0. The van der Waals surface area contributed by atoms with Gasteiger partial charge >= 0.3 is 0 Å². The number of hydrogen-bond acceptors (Lipinski definition) is 7. The van der Waals surface area contributed by atoms with Crippen molar-refractivity contribution in [1.82, 2.24) is 5.32 Å². The fourth-order valence-electron chi connectivity index (χ4n) is 4.64. The summed E-state index contributed by atoms with van der Waals surface area (Å²) in [6.07, 6.45) is -4.42. The quantitative estimate of drug-likeness (QED) is 0.146. The van der Waals surface area contributed by atoms with Gasteiger partial charge in [-0.3, -0.25) is 4.79 Å². The first-order valence-electron chi connectivity index (χ1n) is 14.8. The topological polar surface area (TPSA) is 106 Å². The highest BCUT2D eigenvalue weighted by atomic mass is 16.6. The minimum absolute atomic E-state index is 0.0354. The van der Waals surface area contributed by atoms with Crippen molar-refractivity contribution in [2.75, 3.05) is 19.8 Å². The van der Waals surface area contributed by atoms with E-state index in [1.54, 1.807) is 0 Å². The Labute approximate surface area is 259 Å². The molecule has 1 amide bonds. The van der Waals surface area contributed by atoms with Gasteiger partial charge in [0.1, 0.15) is 18.3 Å². The van der Waals surface area contributed by atoms with Gasteiger partial charge in [0.05, 0.1) is 39.6 Å². The zero-order valence-electron chi connectivity index (χ0n) is 24.7. The maximum atomic E-state index is 13.6. The highest BCUT2D eigenvalue weighted by Gasteiger charge is 2.41. The maximum Gasteiger partial charge on any atom is 0.252 e. The molecule has 3 N–H and O–H groups in total. The van der Waals surface area contributed by atoms with Gasteiger partial charge in [0.15, 0.2) is 6.10 Å². The van der Waals surface area contributed by atoms with Crippen molar-refractivity contribution in [2.45, 2.75) is 50.8 Å². The van der Waals surface area contributed by atoms with Crippen molar-refractivity contribution in [1.29, 1.82) is 0 Å². The number of hydrogen-bond donors (Lipinski definition) is 3. The molecule has 0 fully saturated rings. The summed E-state index contributed by atoms with van der Waals surface area (Å²) in [7, 11) is 0. The second kappa shape index (κ2) is 18.7. The zero-order chi connectivity index (χ0) is 30.8. The zero-order valence-corrected chi connectivity index (χ0v) is 24.7. The van der Waals surface area contributed by atoms with Crippen molar-refractivity contribution < 1.29 is 34.0 Å². The van der Waals surface area contributed by atoms with E-state index in [2.05, 4.69) is 5.32 Å². The lowest BCUT2D eigenvalue weighted by Gasteiger charge is -2.35. The Morgan fingerprint density at radius 1 is 0.591 bits per heavy atom. The number of rotatable bonds is 19. The van der Waals surface area contributed by atoms with E-state index in [0.717, 1.165) is 22.3 Å². The molecule has 4 aromatic carbocycles. The Morgan fingerprint density at radius 3 is 1.45 bits per heavy atom. The number of ether oxygens (including phenoxy) is 4. The van der Waals surface area contributed by atoms with E-state index in [0.29, 0.717) is 6.61 Å². The molecule has 8 nitrogen and oxygen atoms in total. The second-order valence-corrected chi connectivity index (χ2v) is 10.3. The number of aliphatic hydroxyl groups is 2. The number of benzene rings is 4. The van der Waals surface area contributed by atoms with Crippen LogP contribution in [-0.4, -0.2) is 60.3 Å². The third-order valence-electron chi connectivity index (χ3n) is 6.91. The van der Waals surface area contributed by atoms with Crippen LogP contribution < -0.4 is 5.32 Å². The molecule has 0 saturated heterocycles. The molecule has 232 valence electrons. The van der Waals surface area contributed by atoms with Crippen molar-refractivity contribution in [3.05, 3.63) is 144 Å². The summed E-state index contributed by atoms with van der Waals surface area (Å²) >= 11 is 0. The molecule has 4 rings (SSSR count). The summed E-state index contributed by atoms with van der Waals surface area (Å²) < 4.78 is 24.9. The normalized spacial score (nSPS) is 14.0. The average Bonchev–Trinajstić information content (AvgIpc) is 3.07. The van der Waals surface area contributed by atoms with E-state index in [4.69, 9.17) is 18.9 Å². The largest absolute Gasteiger partial charge is 0.395 e. The van der Waals surface area contributed by atoms with Gasteiger partial charge < -0.3 is 34.5 Å². The third kappa shape index (κ3) is 11.0. The van der Waals surface area contributed by atoms with E-state index in [-0.39, 0.29) is 39.6 Å². The van der Waals surface area contributed by atoms with Crippen LogP contribution in [0.3, 0.4) is 0 Å². The van der Waals surface area contributed by atoms with E-state index in [9.17, 15) is 15.0 Å². The van der Waals surface area contributed by atoms with Gasteiger partial charge in [0.2, 0.25) is 0 Å². The molecule has 8 heteroatoms. The molecular weight excluding hydrogens is 558 g/mol. The van der Waals surface area contributed by atoms with Crippen LogP contribution in [0.15, 0.2) is 121 Å². The summed E-state index contributed by atoms with van der Waals surface area (Å²) in [4.78, 5) is 13.6. The van der Waals surface area contributed by atoms with Crippen molar-refractivity contribution in [3.8, 4) is 0 Å². The molecule has 0 aromatic heterocycles. The monoisotopic (exact) mass is 599 g/mol. The van der Waals surface area contributed by atoms with Crippen molar-refractivity contribution in [2.24, 2.45) is 0 Å². The van der Waals surface area contributed by atoms with Gasteiger partial charge in [-0.15, -0.1) is 0 Å². The summed E-state index contributed by atoms with van der Waals surface area (Å²) in [5, 5.41) is 23.7. The Balaban J connectivity index is 1.62. The Bertz CT molecular complexity index is 1330. The first-order valence-corrected chi connectivity index (χ1v) is 14.8. The number of amides is 1. The SMILES string of the molecule is O=C(NCCO)[C@@H](OCc1ccccc1)[C@@H](OCc1ccccc1)[C@H](OCc1ccccc1)[C@H](O)COCc1ccccc1. The predicted octanol–water partition coefficient (Wildman–Crippen LogP) is 4.43. The highest BCUT2D eigenvalue weighted by molar-refractivity contribution is 5.81. The number of nitrogens with one attached hydrogen (secondary N) is 1. The van der Waals surface area contributed by atoms with Crippen LogP contribution in [0.25, 0.3) is 0 Å². The van der Waals surface area contributed by atoms with E-state index >= 15 is 0 Å². The second-order valence-electron chi connectivity index (χ2n) is 10.3. The van der Waals surface area contributed by atoms with Crippen LogP contribution in [0.2, 0.25) is 0 Å². The number of carbonyl (C=O) groups is 1. The smallest absolute Gasteiger partial charge is 0.252 e. The molecule has 0 spiro atoms. The molecule has 0 aliphatic rings. The van der Waals surface area contributed by atoms with Crippen LogP contribution in [-0.2, 0) is 50.2 Å². The molecule has 0 aliphatic heterocycles. The van der Waals surface area contributed by atoms with E-state index in [1.807, 2.05) is 121 Å². The fourth-order valence-corrected chi connectivity index (χ4v) is 4.64. The molecule has 4 atom stereocenters. The van der Waals surface area contributed by atoms with Crippen LogP contribution in [0.4, 0.5) is 0 Å². The Morgan fingerprint density at radius 2 is 1.00 bits per heavy atom. The van der Waals surface area contributed by atoms with Crippen LogP contribution in [0, 0.1) is 0 Å². The minimum atomic E-state index is -1.19. The third-order valence-corrected chi connectivity index (χ3v) is 6.91. The molecule has 0 saturated carbocycles. The van der Waals surface area contributed by atoms with Crippen molar-refractivity contribution in [3.63, 3.8) is 0 Å². The lowest BCUT2D eigenvalue weighted by atomic mass is 10.0. The summed E-state index contributed by atoms with van der Waals surface area (Å²) in [6, 6.07) is 38.3. The van der Waals surface area contributed by atoms with Gasteiger partial charge in [0.25, 0.3) is 5.91 Å². The van der Waals surface area contributed by atoms with Gasteiger partial charge in [-0.2, -0.15) is 0 Å². The van der Waals surface area contributed by atoms with Gasteiger partial charge in [-0.1, -0.05) is 121 Å². The molecule has 44 heavy (non-hydrogen) atoms. The summed E-state index contributed by atoms with van der Waals surface area (Å²) in [5.74, 6) is -0.487. The Hall–Kier alpha value is -3.89. The molecule has 4 aromatic rings. The van der Waals surface area contributed by atoms with E-state index < -0.39 is 30.3 Å². The lowest BCUT2D eigenvalue weighted by Crippen LogP contribution is -2.55. The van der Waals surface area contributed by atoms with Gasteiger partial charge in [-0.05, 0) is 22.3 Å². The predicted molar refractivity (Wildman–Crippen MR) is 167 cm³/mol. The molecular formula is C36H41NO7. The lowest BCUT2D eigenvalue weighted by molar-refractivity contribution is -0.191. The van der Waals surface area contributed by atoms with E-state index in [1.165, 1.54) is 0 Å². The maximum absolute atomic E-state index is 13.6. The van der Waals surface area contributed by atoms with Gasteiger partial charge in [0, 0.05) is 6.54 Å². The van der Waals surface area contributed by atoms with Crippen molar-refractivity contribution >= 4 is 5.91 Å². The van der Waals surface area contributed by atoms with Crippen LogP contribution in [0.1, 0.15) is 22.3 Å². The Kier molecular flexibility index (Phi) is 14.0. The standard InChI is InChI=1S/C36H41NO7/c38-22-21-37-36(40)35(44-26-31-19-11-4-12-20-31)34(43-25-30-17-9-3-10-18-30)33(42-24-29-15-7-2-8-16-29)32(39)27-41-23-28-13-5-1-6-14-28/h1-20,32-35,38-39H,21-27H2,(H,37,40)/t32-,33-,34+,35+/m1/s1. The van der Waals surface area contributed by atoms with Crippen LogP contribution in [0.5, 0.6) is 0 Å². The number of carbonyl (C=O) groups excluding carboxylic acids is 1. The molecule has 0 unspecified atom stereocenters. The van der Waals surface area contributed by atoms with Crippen LogP contribution >= 0.6 is 0 Å². The molecule has 0 bridgehead atoms. The summed E-state index contributed by atoms with van der Waals surface area (Å²) in [5.41, 5.74) is 3.60. The fraction of sp³-hybridized carbons (Fsp3) is 0.306. The summed E-state index contributed by atoms with van der Waals surface area (Å²) in [6.45, 7) is 0.454. The molecule has 0 aliphatic carbocycles. The molecule has 0 heterocycles. The number of aliphatic hydroxyl groups excluding tert-OH is 2. The van der Waals surface area contributed by atoms with Gasteiger partial charge in [-0.25, -0.2) is 0 Å².